The zero-order valence-electron chi connectivity index (χ0n) is 19.4. The maximum absolute atomic E-state index is 13.4. The number of nitrogens with one attached hydrogen (secondary N) is 1. The number of hydrogen-bond donors (Lipinski definition) is 1. The van der Waals surface area contributed by atoms with E-state index in [0.29, 0.717) is 38.8 Å². The van der Waals surface area contributed by atoms with Crippen LogP contribution < -0.4 is 5.32 Å². The Kier molecular flexibility index (Phi) is 10.9. The fourth-order valence-corrected chi connectivity index (χ4v) is 3.42. The molecule has 32 heavy (non-hydrogen) atoms. The number of hydrogen-bond acceptors (Lipinski definition) is 3. The molecule has 1 unspecified atom stereocenters. The summed E-state index contributed by atoms with van der Waals surface area (Å²) in [7, 11) is 0. The standard InChI is InChI=1S/C26H35FN2O3/c1-4-9-25(30)29(19-22-12-14-23(27)15-13-22)24(18-21-10-6-5-7-11-21)26(31)28-16-8-17-32-20(2)3/h5-7,10-15,20,24H,4,8-9,16-19H2,1-3H3,(H,28,31). The Hall–Kier alpha value is -2.73. The molecule has 0 fully saturated rings. The van der Waals surface area contributed by atoms with Crippen LogP contribution in [0.2, 0.25) is 0 Å². The Morgan fingerprint density at radius 2 is 1.72 bits per heavy atom. The molecule has 0 spiro atoms. The normalized spacial score (nSPS) is 11.9. The van der Waals surface area contributed by atoms with Crippen LogP contribution in [0.25, 0.3) is 0 Å². The van der Waals surface area contributed by atoms with Gasteiger partial charge in [-0.3, -0.25) is 9.59 Å². The lowest BCUT2D eigenvalue weighted by Crippen LogP contribution is -2.50. The molecular weight excluding hydrogens is 407 g/mol. The first-order valence-electron chi connectivity index (χ1n) is 11.4. The van der Waals surface area contributed by atoms with E-state index < -0.39 is 6.04 Å². The first-order valence-corrected chi connectivity index (χ1v) is 11.4. The molecule has 174 valence electrons. The second-order valence-corrected chi connectivity index (χ2v) is 8.17. The number of benzene rings is 2. The van der Waals surface area contributed by atoms with Crippen molar-refractivity contribution in [1.82, 2.24) is 10.2 Å². The maximum Gasteiger partial charge on any atom is 0.243 e. The first-order chi connectivity index (χ1) is 15.4. The van der Waals surface area contributed by atoms with E-state index in [2.05, 4.69) is 5.32 Å². The molecule has 0 aromatic heterocycles. The lowest BCUT2D eigenvalue weighted by Gasteiger charge is -2.31. The van der Waals surface area contributed by atoms with Gasteiger partial charge in [0, 0.05) is 32.5 Å². The summed E-state index contributed by atoms with van der Waals surface area (Å²) in [5.74, 6) is -0.608. The number of halogens is 1. The molecule has 2 aromatic rings. The van der Waals surface area contributed by atoms with E-state index in [4.69, 9.17) is 4.74 Å². The molecule has 0 heterocycles. The SMILES string of the molecule is CCCC(=O)N(Cc1ccc(F)cc1)C(Cc1ccccc1)C(=O)NCCCOC(C)C. The van der Waals surface area contributed by atoms with E-state index in [0.717, 1.165) is 11.1 Å². The van der Waals surface area contributed by atoms with Gasteiger partial charge in [-0.05, 0) is 49.9 Å². The van der Waals surface area contributed by atoms with Crippen LogP contribution in [0.3, 0.4) is 0 Å². The predicted molar refractivity (Wildman–Crippen MR) is 125 cm³/mol. The third-order valence-corrected chi connectivity index (χ3v) is 5.07. The van der Waals surface area contributed by atoms with E-state index in [-0.39, 0.29) is 30.3 Å². The van der Waals surface area contributed by atoms with E-state index in [1.807, 2.05) is 51.1 Å². The fourth-order valence-electron chi connectivity index (χ4n) is 3.42. The minimum absolute atomic E-state index is 0.0870. The van der Waals surface area contributed by atoms with Crippen LogP contribution in [0.15, 0.2) is 54.6 Å². The monoisotopic (exact) mass is 442 g/mol. The van der Waals surface area contributed by atoms with Crippen LogP contribution in [-0.4, -0.2) is 42.0 Å². The number of nitrogens with zero attached hydrogens (tertiary/aromatic N) is 1. The fraction of sp³-hybridized carbons (Fsp3) is 0.462. The van der Waals surface area contributed by atoms with Gasteiger partial charge in [0.15, 0.2) is 0 Å². The van der Waals surface area contributed by atoms with E-state index in [1.54, 1.807) is 17.0 Å². The summed E-state index contributed by atoms with van der Waals surface area (Å²) in [6.45, 7) is 7.18. The molecule has 6 heteroatoms. The van der Waals surface area contributed by atoms with Gasteiger partial charge in [0.1, 0.15) is 11.9 Å². The minimum Gasteiger partial charge on any atom is -0.379 e. The van der Waals surface area contributed by atoms with Crippen LogP contribution in [0.1, 0.15) is 51.2 Å². The van der Waals surface area contributed by atoms with Crippen molar-refractivity contribution in [3.8, 4) is 0 Å². The minimum atomic E-state index is -0.660. The van der Waals surface area contributed by atoms with Crippen LogP contribution in [0.4, 0.5) is 4.39 Å². The van der Waals surface area contributed by atoms with Crippen molar-refractivity contribution in [3.05, 3.63) is 71.5 Å². The van der Waals surface area contributed by atoms with Gasteiger partial charge in [0.2, 0.25) is 11.8 Å². The van der Waals surface area contributed by atoms with Crippen molar-refractivity contribution in [1.29, 1.82) is 0 Å². The Labute approximate surface area is 191 Å². The molecule has 2 aromatic carbocycles. The Bertz CT molecular complexity index is 825. The summed E-state index contributed by atoms with van der Waals surface area (Å²) in [5.41, 5.74) is 1.76. The molecular formula is C26H35FN2O3. The van der Waals surface area contributed by atoms with Crippen LogP contribution in [0.5, 0.6) is 0 Å². The summed E-state index contributed by atoms with van der Waals surface area (Å²) >= 11 is 0. The quantitative estimate of drug-likeness (QED) is 0.465. The molecule has 5 nitrogen and oxygen atoms in total. The molecule has 0 aliphatic rings. The van der Waals surface area contributed by atoms with Crippen molar-refractivity contribution in [2.75, 3.05) is 13.2 Å². The molecule has 2 rings (SSSR count). The van der Waals surface area contributed by atoms with Gasteiger partial charge < -0.3 is 15.0 Å². The van der Waals surface area contributed by atoms with Gasteiger partial charge >= 0.3 is 0 Å². The van der Waals surface area contributed by atoms with E-state index >= 15 is 0 Å². The highest BCUT2D eigenvalue weighted by Crippen LogP contribution is 2.16. The van der Waals surface area contributed by atoms with E-state index in [1.165, 1.54) is 12.1 Å². The summed E-state index contributed by atoms with van der Waals surface area (Å²) in [6.07, 6.45) is 2.29. The van der Waals surface area contributed by atoms with Gasteiger partial charge in [-0.15, -0.1) is 0 Å². The van der Waals surface area contributed by atoms with Crippen molar-refractivity contribution in [2.45, 2.75) is 65.1 Å². The number of carbonyl (C=O) groups excluding carboxylic acids is 2. The van der Waals surface area contributed by atoms with Gasteiger partial charge in [-0.25, -0.2) is 4.39 Å². The highest BCUT2D eigenvalue weighted by Gasteiger charge is 2.29. The lowest BCUT2D eigenvalue weighted by atomic mass is 10.0. The van der Waals surface area contributed by atoms with Gasteiger partial charge in [0.25, 0.3) is 0 Å². The zero-order valence-corrected chi connectivity index (χ0v) is 19.4. The smallest absolute Gasteiger partial charge is 0.243 e. The topological polar surface area (TPSA) is 58.6 Å². The molecule has 1 atom stereocenters. The number of rotatable bonds is 13. The summed E-state index contributed by atoms with van der Waals surface area (Å²) in [5, 5.41) is 2.98. The van der Waals surface area contributed by atoms with Crippen molar-refractivity contribution in [3.63, 3.8) is 0 Å². The zero-order chi connectivity index (χ0) is 23.3. The molecule has 0 saturated heterocycles. The highest BCUT2D eigenvalue weighted by atomic mass is 19.1. The summed E-state index contributed by atoms with van der Waals surface area (Å²) < 4.78 is 18.9. The van der Waals surface area contributed by atoms with Gasteiger partial charge in [-0.2, -0.15) is 0 Å². The number of carbonyl (C=O) groups is 2. The van der Waals surface area contributed by atoms with Crippen LogP contribution in [-0.2, 0) is 27.3 Å². The van der Waals surface area contributed by atoms with Crippen molar-refractivity contribution in [2.24, 2.45) is 0 Å². The second-order valence-electron chi connectivity index (χ2n) is 8.17. The maximum atomic E-state index is 13.4. The van der Waals surface area contributed by atoms with Crippen LogP contribution >= 0.6 is 0 Å². The highest BCUT2D eigenvalue weighted by molar-refractivity contribution is 5.88. The Balaban J connectivity index is 2.21. The molecule has 0 aliphatic carbocycles. The Morgan fingerprint density at radius 3 is 2.34 bits per heavy atom. The molecule has 1 N–H and O–H groups in total. The summed E-state index contributed by atoms with van der Waals surface area (Å²) in [6, 6.07) is 15.1. The first kappa shape index (κ1) is 25.5. The molecule has 0 saturated carbocycles. The van der Waals surface area contributed by atoms with Gasteiger partial charge in [0.05, 0.1) is 6.10 Å². The third-order valence-electron chi connectivity index (χ3n) is 5.07. The average Bonchev–Trinajstić information content (AvgIpc) is 2.77. The van der Waals surface area contributed by atoms with Crippen LogP contribution in [0, 0.1) is 5.82 Å². The van der Waals surface area contributed by atoms with Crippen molar-refractivity contribution >= 4 is 11.8 Å². The second kappa shape index (κ2) is 13.6. The average molecular weight is 443 g/mol. The largest absolute Gasteiger partial charge is 0.379 e. The van der Waals surface area contributed by atoms with Gasteiger partial charge in [-0.1, -0.05) is 49.4 Å². The van der Waals surface area contributed by atoms with E-state index in [9.17, 15) is 14.0 Å². The lowest BCUT2D eigenvalue weighted by molar-refractivity contribution is -0.141. The summed E-state index contributed by atoms with van der Waals surface area (Å²) in [4.78, 5) is 27.9. The number of amides is 2. The number of ether oxygens (including phenoxy) is 1. The van der Waals surface area contributed by atoms with Crippen molar-refractivity contribution < 1.29 is 18.7 Å². The molecule has 0 bridgehead atoms. The Morgan fingerprint density at radius 1 is 1.03 bits per heavy atom. The third kappa shape index (κ3) is 8.79. The molecule has 0 radical (unpaired) electrons. The molecule has 2 amide bonds. The predicted octanol–water partition coefficient (Wildman–Crippen LogP) is 4.50. The molecule has 0 aliphatic heterocycles.